The second-order valence-corrected chi connectivity index (χ2v) is 9.10. The third-order valence-electron chi connectivity index (χ3n) is 4.59. The highest BCUT2D eigenvalue weighted by molar-refractivity contribution is 7.99. The van der Waals surface area contributed by atoms with E-state index in [2.05, 4.69) is 15.3 Å². The van der Waals surface area contributed by atoms with E-state index in [0.717, 1.165) is 32.8 Å². The molecule has 6 nitrogen and oxygen atoms in total. The van der Waals surface area contributed by atoms with Crippen LogP contribution in [0.2, 0.25) is 0 Å². The van der Waals surface area contributed by atoms with Crippen molar-refractivity contribution in [3.8, 4) is 0 Å². The van der Waals surface area contributed by atoms with Gasteiger partial charge in [-0.25, -0.2) is 14.8 Å². The van der Waals surface area contributed by atoms with Crippen LogP contribution in [0.4, 0.5) is 5.13 Å². The van der Waals surface area contributed by atoms with E-state index in [1.54, 1.807) is 6.92 Å². The van der Waals surface area contributed by atoms with Gasteiger partial charge in [-0.3, -0.25) is 4.79 Å². The number of hydrogen-bond donors (Lipinski definition) is 1. The molecular weight excluding hydrogens is 442 g/mol. The van der Waals surface area contributed by atoms with Crippen molar-refractivity contribution in [2.75, 3.05) is 11.1 Å². The van der Waals surface area contributed by atoms with Crippen LogP contribution in [0.25, 0.3) is 10.9 Å². The van der Waals surface area contributed by atoms with Crippen LogP contribution in [0.5, 0.6) is 0 Å². The van der Waals surface area contributed by atoms with Crippen LogP contribution >= 0.6 is 23.1 Å². The van der Waals surface area contributed by atoms with E-state index < -0.39 is 5.97 Å². The molecule has 1 N–H and O–H groups in total. The summed E-state index contributed by atoms with van der Waals surface area (Å²) < 4.78 is 5.37. The number of pyridine rings is 1. The molecule has 32 heavy (non-hydrogen) atoms. The summed E-state index contributed by atoms with van der Waals surface area (Å²) in [5.41, 5.74) is 2.39. The Balaban J connectivity index is 1.27. The number of thioether (sulfide) groups is 1. The van der Waals surface area contributed by atoms with Gasteiger partial charge in [0.05, 0.1) is 16.2 Å². The molecular formula is C24H21N3O3S2. The Morgan fingerprint density at radius 2 is 1.78 bits per heavy atom. The molecule has 0 saturated heterocycles. The van der Waals surface area contributed by atoms with Crippen molar-refractivity contribution >= 4 is 51.0 Å². The summed E-state index contributed by atoms with van der Waals surface area (Å²) in [7, 11) is 0. The monoisotopic (exact) mass is 463 g/mol. The van der Waals surface area contributed by atoms with Crippen LogP contribution < -0.4 is 5.32 Å². The summed E-state index contributed by atoms with van der Waals surface area (Å²) in [5, 5.41) is 5.14. The number of thiazole rings is 1. The Morgan fingerprint density at radius 1 is 1.00 bits per heavy atom. The minimum atomic E-state index is -0.442. The highest BCUT2D eigenvalue weighted by Gasteiger charge is 2.18. The zero-order valence-corrected chi connectivity index (χ0v) is 19.0. The number of carbonyl (C=O) groups excluding carboxylic acids is 2. The van der Waals surface area contributed by atoms with E-state index >= 15 is 0 Å². The number of esters is 1. The van der Waals surface area contributed by atoms with Crippen molar-refractivity contribution in [1.29, 1.82) is 0 Å². The highest BCUT2D eigenvalue weighted by Crippen LogP contribution is 2.25. The number of aryl methyl sites for hydroxylation is 1. The lowest BCUT2D eigenvalue weighted by atomic mass is 10.2. The topological polar surface area (TPSA) is 81.2 Å². The van der Waals surface area contributed by atoms with Crippen molar-refractivity contribution in [2.24, 2.45) is 0 Å². The number of fused-ring (bicyclic) bond motifs is 1. The summed E-state index contributed by atoms with van der Waals surface area (Å²) in [6.45, 7) is 1.92. The molecule has 0 radical (unpaired) electrons. The standard InChI is InChI=1S/C24H21N3O3S2/c1-16-22(23(29)30-15-17-7-3-2-4-8-17)32-24(25-16)27-20(28)13-14-31-21-12-11-18-9-5-6-10-19(18)26-21/h2-12H,13-15H2,1H3,(H,25,27,28). The number of carbonyl (C=O) groups is 2. The molecule has 0 aliphatic rings. The molecule has 0 bridgehead atoms. The first-order valence-electron chi connectivity index (χ1n) is 10.1. The summed E-state index contributed by atoms with van der Waals surface area (Å²) in [5.74, 6) is -0.00781. The second kappa shape index (κ2) is 10.4. The van der Waals surface area contributed by atoms with Gasteiger partial charge in [0, 0.05) is 17.6 Å². The van der Waals surface area contributed by atoms with E-state index in [1.165, 1.54) is 11.8 Å². The number of nitrogens with one attached hydrogen (secondary N) is 1. The fraction of sp³-hybridized carbons (Fsp3) is 0.167. The van der Waals surface area contributed by atoms with Gasteiger partial charge < -0.3 is 10.1 Å². The van der Waals surface area contributed by atoms with Crippen molar-refractivity contribution in [2.45, 2.75) is 25.0 Å². The molecule has 2 aromatic carbocycles. The highest BCUT2D eigenvalue weighted by atomic mass is 32.2. The van der Waals surface area contributed by atoms with Crippen LogP contribution in [0, 0.1) is 6.92 Å². The van der Waals surface area contributed by atoms with Crippen LogP contribution in [0.15, 0.2) is 71.8 Å². The molecule has 0 unspecified atom stereocenters. The molecule has 4 aromatic rings. The molecule has 0 atom stereocenters. The maximum atomic E-state index is 12.4. The van der Waals surface area contributed by atoms with E-state index in [9.17, 15) is 9.59 Å². The van der Waals surface area contributed by atoms with Gasteiger partial charge in [0.25, 0.3) is 0 Å². The Bertz CT molecular complexity index is 1240. The third kappa shape index (κ3) is 5.72. The summed E-state index contributed by atoms with van der Waals surface area (Å²) in [6, 6.07) is 21.4. The number of benzene rings is 2. The van der Waals surface area contributed by atoms with Crippen LogP contribution in [0.1, 0.15) is 27.3 Å². The minimum Gasteiger partial charge on any atom is -0.457 e. The number of amides is 1. The van der Waals surface area contributed by atoms with Crippen molar-refractivity contribution in [3.05, 3.63) is 82.9 Å². The lowest BCUT2D eigenvalue weighted by Gasteiger charge is -2.04. The zero-order chi connectivity index (χ0) is 22.3. The fourth-order valence-electron chi connectivity index (χ4n) is 2.99. The lowest BCUT2D eigenvalue weighted by molar-refractivity contribution is -0.115. The fourth-order valence-corrected chi connectivity index (χ4v) is 4.69. The van der Waals surface area contributed by atoms with Gasteiger partial charge in [-0.15, -0.1) is 11.8 Å². The normalized spacial score (nSPS) is 10.8. The molecule has 0 aliphatic heterocycles. The molecule has 0 aliphatic carbocycles. The van der Waals surface area contributed by atoms with Crippen LogP contribution in [-0.4, -0.2) is 27.6 Å². The molecule has 2 aromatic heterocycles. The van der Waals surface area contributed by atoms with E-state index in [0.29, 0.717) is 27.9 Å². The molecule has 2 heterocycles. The number of para-hydroxylation sites is 1. The molecule has 4 rings (SSSR count). The Kier molecular flexibility index (Phi) is 7.14. The Morgan fingerprint density at radius 3 is 2.62 bits per heavy atom. The summed E-state index contributed by atoms with van der Waals surface area (Å²) in [4.78, 5) is 34.0. The Hall–Kier alpha value is -3.23. The largest absolute Gasteiger partial charge is 0.457 e. The molecule has 8 heteroatoms. The number of rotatable bonds is 8. The molecule has 1 amide bonds. The number of ether oxygens (including phenoxy) is 1. The van der Waals surface area contributed by atoms with Crippen molar-refractivity contribution in [1.82, 2.24) is 9.97 Å². The average Bonchev–Trinajstić information content (AvgIpc) is 3.18. The number of aromatic nitrogens is 2. The first-order valence-corrected chi connectivity index (χ1v) is 11.9. The van der Waals surface area contributed by atoms with Gasteiger partial charge in [-0.1, -0.05) is 65.9 Å². The molecule has 162 valence electrons. The first kappa shape index (κ1) is 22.0. The van der Waals surface area contributed by atoms with Crippen LogP contribution in [0.3, 0.4) is 0 Å². The average molecular weight is 464 g/mol. The van der Waals surface area contributed by atoms with E-state index in [-0.39, 0.29) is 12.5 Å². The predicted molar refractivity (Wildman–Crippen MR) is 128 cm³/mol. The minimum absolute atomic E-state index is 0.156. The van der Waals surface area contributed by atoms with Gasteiger partial charge in [-0.05, 0) is 24.6 Å². The third-order valence-corrected chi connectivity index (χ3v) is 6.58. The quantitative estimate of drug-likeness (QED) is 0.275. The number of hydrogen-bond acceptors (Lipinski definition) is 7. The van der Waals surface area contributed by atoms with Crippen molar-refractivity contribution in [3.63, 3.8) is 0 Å². The van der Waals surface area contributed by atoms with Gasteiger partial charge in [0.15, 0.2) is 5.13 Å². The van der Waals surface area contributed by atoms with Gasteiger partial charge in [-0.2, -0.15) is 0 Å². The molecule has 0 saturated carbocycles. The molecule has 0 fully saturated rings. The van der Waals surface area contributed by atoms with E-state index in [1.807, 2.05) is 66.7 Å². The lowest BCUT2D eigenvalue weighted by Crippen LogP contribution is -2.12. The molecule has 0 spiro atoms. The zero-order valence-electron chi connectivity index (χ0n) is 17.4. The maximum absolute atomic E-state index is 12.4. The van der Waals surface area contributed by atoms with Gasteiger partial charge >= 0.3 is 5.97 Å². The second-order valence-electron chi connectivity index (χ2n) is 6.98. The summed E-state index contributed by atoms with van der Waals surface area (Å²) >= 11 is 2.65. The van der Waals surface area contributed by atoms with Gasteiger partial charge in [0.1, 0.15) is 11.5 Å². The first-order chi connectivity index (χ1) is 15.6. The maximum Gasteiger partial charge on any atom is 0.350 e. The number of anilines is 1. The van der Waals surface area contributed by atoms with E-state index in [4.69, 9.17) is 4.74 Å². The Labute approximate surface area is 194 Å². The number of nitrogens with zero attached hydrogens (tertiary/aromatic N) is 2. The van der Waals surface area contributed by atoms with Crippen molar-refractivity contribution < 1.29 is 14.3 Å². The smallest absolute Gasteiger partial charge is 0.350 e. The van der Waals surface area contributed by atoms with Gasteiger partial charge in [0.2, 0.25) is 5.91 Å². The van der Waals surface area contributed by atoms with Crippen LogP contribution in [-0.2, 0) is 16.1 Å². The SMILES string of the molecule is Cc1nc(NC(=O)CCSc2ccc3ccccc3n2)sc1C(=O)OCc1ccccc1. The predicted octanol–water partition coefficient (Wildman–Crippen LogP) is 5.48. The summed E-state index contributed by atoms with van der Waals surface area (Å²) in [6.07, 6.45) is 0.311.